The van der Waals surface area contributed by atoms with Gasteiger partial charge in [0, 0.05) is 10.0 Å². The summed E-state index contributed by atoms with van der Waals surface area (Å²) in [6, 6.07) is 12.1. The van der Waals surface area contributed by atoms with Gasteiger partial charge in [0.2, 0.25) is 0 Å². The van der Waals surface area contributed by atoms with Gasteiger partial charge in [0.1, 0.15) is 0 Å². The molecular weight excluding hydrogens is 337 g/mol. The van der Waals surface area contributed by atoms with Gasteiger partial charge >= 0.3 is 0 Å². The first kappa shape index (κ1) is 13.4. The Morgan fingerprint density at radius 1 is 1.06 bits per heavy atom. The normalized spacial score (nSPS) is 10.2. The molecule has 1 amide bonds. The highest BCUT2D eigenvalue weighted by Crippen LogP contribution is 2.29. The summed E-state index contributed by atoms with van der Waals surface area (Å²) in [5, 5.41) is 3.46. The summed E-state index contributed by atoms with van der Waals surface area (Å²) in [7, 11) is 0. The Kier molecular flexibility index (Phi) is 4.27. The van der Waals surface area contributed by atoms with Gasteiger partial charge in [-0.25, -0.2) is 0 Å². The van der Waals surface area contributed by atoms with E-state index in [1.165, 1.54) is 0 Å². The van der Waals surface area contributed by atoms with Crippen LogP contribution in [0.5, 0.6) is 0 Å². The first-order valence-electron chi connectivity index (χ1n) is 5.09. The highest BCUT2D eigenvalue weighted by Gasteiger charge is 2.09. The van der Waals surface area contributed by atoms with Crippen LogP contribution in [0.4, 0.5) is 5.69 Å². The van der Waals surface area contributed by atoms with E-state index >= 15 is 0 Å². The molecule has 0 radical (unpaired) electrons. The molecule has 0 aromatic heterocycles. The molecule has 0 saturated heterocycles. The number of halogens is 3. The van der Waals surface area contributed by atoms with Crippen LogP contribution in [0.15, 0.2) is 46.9 Å². The molecule has 2 nitrogen and oxygen atoms in total. The minimum absolute atomic E-state index is 0.230. The van der Waals surface area contributed by atoms with Crippen molar-refractivity contribution in [1.29, 1.82) is 0 Å². The first-order chi connectivity index (χ1) is 8.58. The second kappa shape index (κ2) is 5.74. The van der Waals surface area contributed by atoms with E-state index in [0.717, 1.165) is 4.47 Å². The van der Waals surface area contributed by atoms with Crippen LogP contribution in [0.1, 0.15) is 10.4 Å². The number of hydrogen-bond acceptors (Lipinski definition) is 1. The van der Waals surface area contributed by atoms with Crippen molar-refractivity contribution in [2.24, 2.45) is 0 Å². The van der Waals surface area contributed by atoms with Crippen molar-refractivity contribution < 1.29 is 4.79 Å². The molecule has 0 spiro atoms. The molecule has 0 fully saturated rings. The molecule has 0 aliphatic carbocycles. The highest BCUT2D eigenvalue weighted by molar-refractivity contribution is 9.10. The van der Waals surface area contributed by atoms with Crippen LogP contribution in [0.25, 0.3) is 0 Å². The maximum atomic E-state index is 12.0. The Hall–Kier alpha value is -1.03. The summed E-state index contributed by atoms with van der Waals surface area (Å²) in [6.45, 7) is 0. The average Bonchev–Trinajstić information content (AvgIpc) is 2.36. The van der Waals surface area contributed by atoms with Crippen LogP contribution in [0.2, 0.25) is 10.0 Å². The number of carbonyl (C=O) groups excluding carboxylic acids is 1. The van der Waals surface area contributed by atoms with Gasteiger partial charge in [0.15, 0.2) is 0 Å². The number of hydrogen-bond donors (Lipinski definition) is 1. The third-order valence-corrected chi connectivity index (χ3v) is 3.65. The van der Waals surface area contributed by atoms with Gasteiger partial charge in [-0.1, -0.05) is 45.2 Å². The molecule has 0 heterocycles. The number of carbonyl (C=O) groups is 1. The summed E-state index contributed by atoms with van der Waals surface area (Å²) in [6.07, 6.45) is 0. The second-order valence-electron chi connectivity index (χ2n) is 3.56. The molecule has 5 heteroatoms. The molecule has 2 rings (SSSR count). The fraction of sp³-hybridized carbons (Fsp3) is 0. The topological polar surface area (TPSA) is 29.1 Å². The van der Waals surface area contributed by atoms with E-state index in [0.29, 0.717) is 21.3 Å². The van der Waals surface area contributed by atoms with Gasteiger partial charge in [0.05, 0.1) is 15.7 Å². The molecule has 0 bridgehead atoms. The summed E-state index contributed by atoms with van der Waals surface area (Å²) in [5.41, 5.74) is 1.05. The number of nitrogens with one attached hydrogen (secondary N) is 1. The molecule has 18 heavy (non-hydrogen) atoms. The second-order valence-corrected chi connectivity index (χ2v) is 5.26. The summed E-state index contributed by atoms with van der Waals surface area (Å²) >= 11 is 15.2. The maximum absolute atomic E-state index is 12.0. The van der Waals surface area contributed by atoms with Crippen LogP contribution in [-0.2, 0) is 0 Å². The molecule has 2 aromatic carbocycles. The zero-order valence-corrected chi connectivity index (χ0v) is 12.2. The van der Waals surface area contributed by atoms with Gasteiger partial charge in [-0.2, -0.15) is 0 Å². The minimum Gasteiger partial charge on any atom is -0.321 e. The Morgan fingerprint density at radius 2 is 1.72 bits per heavy atom. The fourth-order valence-corrected chi connectivity index (χ4v) is 2.01. The van der Waals surface area contributed by atoms with Crippen molar-refractivity contribution in [3.63, 3.8) is 0 Å². The third kappa shape index (κ3) is 3.05. The lowest BCUT2D eigenvalue weighted by Crippen LogP contribution is -2.12. The number of benzene rings is 2. The number of anilines is 1. The van der Waals surface area contributed by atoms with E-state index in [4.69, 9.17) is 23.2 Å². The van der Waals surface area contributed by atoms with E-state index in [9.17, 15) is 4.79 Å². The smallest absolute Gasteiger partial charge is 0.255 e. The molecule has 0 unspecified atom stereocenters. The molecular formula is C13H8BrCl2NO. The Bertz CT molecular complexity index is 584. The van der Waals surface area contributed by atoms with Crippen molar-refractivity contribution in [3.05, 3.63) is 62.5 Å². The van der Waals surface area contributed by atoms with E-state index in [2.05, 4.69) is 21.2 Å². The Balaban J connectivity index is 2.21. The van der Waals surface area contributed by atoms with Crippen LogP contribution < -0.4 is 5.32 Å². The van der Waals surface area contributed by atoms with E-state index < -0.39 is 0 Å². The Morgan fingerprint density at radius 3 is 2.39 bits per heavy atom. The van der Waals surface area contributed by atoms with Crippen LogP contribution >= 0.6 is 39.1 Å². The van der Waals surface area contributed by atoms with E-state index in [-0.39, 0.29) is 5.91 Å². The van der Waals surface area contributed by atoms with Crippen molar-refractivity contribution in [2.75, 3.05) is 5.32 Å². The number of rotatable bonds is 2. The predicted octanol–water partition coefficient (Wildman–Crippen LogP) is 5.01. The van der Waals surface area contributed by atoms with Crippen molar-refractivity contribution in [3.8, 4) is 0 Å². The molecule has 0 atom stereocenters. The summed E-state index contributed by atoms with van der Waals surface area (Å²) < 4.78 is 0.917. The average molecular weight is 345 g/mol. The largest absolute Gasteiger partial charge is 0.321 e. The fourth-order valence-electron chi connectivity index (χ4n) is 1.40. The lowest BCUT2D eigenvalue weighted by atomic mass is 10.2. The molecule has 2 aromatic rings. The van der Waals surface area contributed by atoms with Crippen molar-refractivity contribution in [1.82, 2.24) is 0 Å². The van der Waals surface area contributed by atoms with Gasteiger partial charge in [-0.15, -0.1) is 0 Å². The van der Waals surface area contributed by atoms with E-state index in [1.807, 2.05) is 0 Å². The number of amides is 1. The quantitative estimate of drug-likeness (QED) is 0.815. The lowest BCUT2D eigenvalue weighted by molar-refractivity contribution is 0.102. The SMILES string of the molecule is O=C(Nc1cccc(Cl)c1Cl)c1ccc(Br)cc1. The monoisotopic (exact) mass is 343 g/mol. The third-order valence-electron chi connectivity index (χ3n) is 2.31. The van der Waals surface area contributed by atoms with Crippen LogP contribution in [0, 0.1) is 0 Å². The molecule has 92 valence electrons. The highest BCUT2D eigenvalue weighted by atomic mass is 79.9. The van der Waals surface area contributed by atoms with Crippen molar-refractivity contribution >= 4 is 50.7 Å². The molecule has 0 aliphatic rings. The van der Waals surface area contributed by atoms with Gasteiger partial charge in [0.25, 0.3) is 5.91 Å². The molecule has 0 aliphatic heterocycles. The predicted molar refractivity (Wildman–Crippen MR) is 78.6 cm³/mol. The standard InChI is InChI=1S/C13H8BrCl2NO/c14-9-6-4-8(5-7-9)13(18)17-11-3-1-2-10(15)12(11)16/h1-7H,(H,17,18). The van der Waals surface area contributed by atoms with E-state index in [1.54, 1.807) is 42.5 Å². The minimum atomic E-state index is -0.230. The summed E-state index contributed by atoms with van der Waals surface area (Å²) in [5.74, 6) is -0.230. The Labute approximate surface area is 123 Å². The van der Waals surface area contributed by atoms with Crippen LogP contribution in [0.3, 0.4) is 0 Å². The zero-order valence-electron chi connectivity index (χ0n) is 9.08. The zero-order chi connectivity index (χ0) is 13.1. The van der Waals surface area contributed by atoms with Crippen molar-refractivity contribution in [2.45, 2.75) is 0 Å². The first-order valence-corrected chi connectivity index (χ1v) is 6.64. The summed E-state index contributed by atoms with van der Waals surface area (Å²) in [4.78, 5) is 12.0. The molecule has 0 saturated carbocycles. The van der Waals surface area contributed by atoms with Gasteiger partial charge in [-0.05, 0) is 36.4 Å². The molecule has 1 N–H and O–H groups in total. The van der Waals surface area contributed by atoms with Crippen LogP contribution in [-0.4, -0.2) is 5.91 Å². The lowest BCUT2D eigenvalue weighted by Gasteiger charge is -2.08. The van der Waals surface area contributed by atoms with Gasteiger partial charge < -0.3 is 5.32 Å². The maximum Gasteiger partial charge on any atom is 0.255 e. The van der Waals surface area contributed by atoms with Gasteiger partial charge in [-0.3, -0.25) is 4.79 Å².